The minimum atomic E-state index is -1.51. The van der Waals surface area contributed by atoms with Gasteiger partial charge in [-0.2, -0.15) is 0 Å². The number of rotatable bonds is 4. The number of halogens is 4. The highest BCUT2D eigenvalue weighted by Gasteiger charge is 2.62. The third-order valence-corrected chi connectivity index (χ3v) is 9.53. The van der Waals surface area contributed by atoms with Crippen LogP contribution in [0, 0.1) is 5.82 Å². The summed E-state index contributed by atoms with van der Waals surface area (Å²) in [5.74, 6) is -2.16. The second-order valence-electron chi connectivity index (χ2n) is 11.6. The molecule has 0 radical (unpaired) electrons. The summed E-state index contributed by atoms with van der Waals surface area (Å²) in [6.07, 6.45) is 0.628. The van der Waals surface area contributed by atoms with Crippen molar-refractivity contribution in [2.75, 3.05) is 32.5 Å². The molecule has 3 atom stereocenters. The molecule has 0 aromatic heterocycles. The van der Waals surface area contributed by atoms with E-state index in [2.05, 4.69) is 10.6 Å². The van der Waals surface area contributed by atoms with Crippen molar-refractivity contribution in [1.29, 1.82) is 0 Å². The number of hydrogen-bond donors (Lipinski definition) is 2. The van der Waals surface area contributed by atoms with Crippen LogP contribution in [-0.2, 0) is 15.0 Å². The molecule has 4 amide bonds. The minimum absolute atomic E-state index is 0.0256. The third-order valence-electron chi connectivity index (χ3n) is 8.77. The SMILES string of the molecule is CN(C)C(=O)N1CCC(Oc2ccc(Cl)c(F)c2[C@H]2NC(=O)C[C@@H](c3cccc(Cl)c3)[C@]23C(=O)Nc2cc(Cl)ccc23)CC1. The molecule has 12 heteroatoms. The van der Waals surface area contributed by atoms with Crippen LogP contribution < -0.4 is 15.4 Å². The Bertz CT molecular complexity index is 1660. The number of fused-ring (bicyclic) bond motifs is 2. The van der Waals surface area contributed by atoms with Gasteiger partial charge in [0, 0.05) is 68.1 Å². The molecule has 1 spiro atoms. The highest BCUT2D eigenvalue weighted by atomic mass is 35.5. The molecule has 0 saturated carbocycles. The Morgan fingerprint density at radius 2 is 1.75 bits per heavy atom. The largest absolute Gasteiger partial charge is 0.490 e. The smallest absolute Gasteiger partial charge is 0.319 e. The summed E-state index contributed by atoms with van der Waals surface area (Å²) in [6, 6.07) is 13.7. The molecule has 2 fully saturated rings. The molecular weight excluding hydrogens is 630 g/mol. The van der Waals surface area contributed by atoms with Crippen molar-refractivity contribution in [3.05, 3.63) is 92.2 Å². The number of likely N-dealkylation sites (tertiary alicyclic amines) is 1. The zero-order valence-corrected chi connectivity index (χ0v) is 26.3. The van der Waals surface area contributed by atoms with E-state index in [1.54, 1.807) is 61.5 Å². The Labute approximate surface area is 269 Å². The average Bonchev–Trinajstić information content (AvgIpc) is 3.27. The van der Waals surface area contributed by atoms with Crippen LogP contribution in [0.2, 0.25) is 15.1 Å². The van der Waals surface area contributed by atoms with Gasteiger partial charge in [0.15, 0.2) is 5.82 Å². The van der Waals surface area contributed by atoms with Crippen LogP contribution in [-0.4, -0.2) is 60.9 Å². The van der Waals surface area contributed by atoms with E-state index in [1.807, 2.05) is 6.07 Å². The van der Waals surface area contributed by atoms with Gasteiger partial charge in [-0.1, -0.05) is 53.0 Å². The molecule has 2 N–H and O–H groups in total. The Hall–Kier alpha value is -3.53. The zero-order valence-electron chi connectivity index (χ0n) is 24.0. The highest BCUT2D eigenvalue weighted by molar-refractivity contribution is 6.31. The second kappa shape index (κ2) is 11.8. The number of benzene rings is 3. The summed E-state index contributed by atoms with van der Waals surface area (Å²) < 4.78 is 22.8. The lowest BCUT2D eigenvalue weighted by Crippen LogP contribution is -2.57. The van der Waals surface area contributed by atoms with Crippen LogP contribution in [0.25, 0.3) is 0 Å². The summed E-state index contributed by atoms with van der Waals surface area (Å²) in [4.78, 5) is 43.5. The number of piperidine rings is 2. The van der Waals surface area contributed by atoms with Crippen molar-refractivity contribution in [2.24, 2.45) is 0 Å². The summed E-state index contributed by atoms with van der Waals surface area (Å²) >= 11 is 19.1. The van der Waals surface area contributed by atoms with E-state index in [0.717, 1.165) is 0 Å². The first-order valence-electron chi connectivity index (χ1n) is 14.3. The van der Waals surface area contributed by atoms with Crippen molar-refractivity contribution in [3.8, 4) is 5.75 Å². The number of urea groups is 1. The number of hydrogen-bond acceptors (Lipinski definition) is 4. The fourth-order valence-electron chi connectivity index (χ4n) is 6.79. The monoisotopic (exact) mass is 658 g/mol. The predicted octanol–water partition coefficient (Wildman–Crippen LogP) is 6.55. The first kappa shape index (κ1) is 30.5. The van der Waals surface area contributed by atoms with Gasteiger partial charge >= 0.3 is 6.03 Å². The average molecular weight is 660 g/mol. The molecule has 3 aromatic rings. The number of nitrogens with one attached hydrogen (secondary N) is 2. The first-order chi connectivity index (χ1) is 21.0. The lowest BCUT2D eigenvalue weighted by atomic mass is 9.59. The molecule has 3 aromatic carbocycles. The lowest BCUT2D eigenvalue weighted by molar-refractivity contribution is -0.131. The van der Waals surface area contributed by atoms with E-state index in [0.29, 0.717) is 52.8 Å². The zero-order chi connectivity index (χ0) is 31.3. The molecule has 0 aliphatic carbocycles. The summed E-state index contributed by atoms with van der Waals surface area (Å²) in [6.45, 7) is 0.926. The van der Waals surface area contributed by atoms with Gasteiger partial charge in [-0.05, 0) is 47.5 Å². The maximum atomic E-state index is 16.4. The van der Waals surface area contributed by atoms with Crippen molar-refractivity contribution < 1.29 is 23.5 Å². The molecule has 3 aliphatic heterocycles. The summed E-state index contributed by atoms with van der Waals surface area (Å²) in [7, 11) is 3.40. The fourth-order valence-corrected chi connectivity index (χ4v) is 7.33. The van der Waals surface area contributed by atoms with Gasteiger partial charge < -0.3 is 25.2 Å². The molecule has 230 valence electrons. The number of amides is 4. The third kappa shape index (κ3) is 5.14. The number of carbonyl (C=O) groups excluding carboxylic acids is 3. The van der Waals surface area contributed by atoms with Crippen molar-refractivity contribution in [2.45, 2.75) is 42.7 Å². The van der Waals surface area contributed by atoms with Crippen LogP contribution in [0.4, 0.5) is 14.9 Å². The Balaban J connectivity index is 1.48. The van der Waals surface area contributed by atoms with E-state index < -0.39 is 29.1 Å². The van der Waals surface area contributed by atoms with E-state index in [-0.39, 0.29) is 40.8 Å². The van der Waals surface area contributed by atoms with Crippen molar-refractivity contribution in [3.63, 3.8) is 0 Å². The standard InChI is InChI=1S/C32H30Cl3FN4O4/c1-39(2)31(43)40-12-10-20(11-13-40)44-25-9-8-23(35)28(36)27(25)29-32(21-7-6-19(34)15-24(21)37-30(32)42)22(16-26(41)38-29)17-4-3-5-18(33)14-17/h3-9,14-15,20,22,29H,10-13,16H2,1-2H3,(H,37,42)(H,38,41)/t22-,29+,32-/m0/s1. The number of ether oxygens (including phenoxy) is 1. The topological polar surface area (TPSA) is 91.0 Å². The second-order valence-corrected chi connectivity index (χ2v) is 12.9. The van der Waals surface area contributed by atoms with Crippen LogP contribution in [0.5, 0.6) is 5.75 Å². The summed E-state index contributed by atoms with van der Waals surface area (Å²) in [5.41, 5.74) is 0.144. The summed E-state index contributed by atoms with van der Waals surface area (Å²) in [5, 5.41) is 6.55. The number of nitrogens with zero attached hydrogens (tertiary/aromatic N) is 2. The fraction of sp³-hybridized carbons (Fsp3) is 0.344. The van der Waals surface area contributed by atoms with Crippen molar-refractivity contribution in [1.82, 2.24) is 15.1 Å². The van der Waals surface area contributed by atoms with Gasteiger partial charge in [-0.15, -0.1) is 0 Å². The van der Waals surface area contributed by atoms with Gasteiger partial charge in [0.2, 0.25) is 11.8 Å². The molecule has 2 saturated heterocycles. The molecule has 6 rings (SSSR count). The van der Waals surface area contributed by atoms with E-state index in [4.69, 9.17) is 39.5 Å². The maximum Gasteiger partial charge on any atom is 0.319 e. The Morgan fingerprint density at radius 3 is 2.45 bits per heavy atom. The van der Waals surface area contributed by atoms with Gasteiger partial charge in [0.05, 0.1) is 16.6 Å². The van der Waals surface area contributed by atoms with E-state index >= 15 is 4.39 Å². The van der Waals surface area contributed by atoms with Crippen LogP contribution in [0.15, 0.2) is 54.6 Å². The molecule has 44 heavy (non-hydrogen) atoms. The molecule has 3 heterocycles. The Morgan fingerprint density at radius 1 is 1.02 bits per heavy atom. The Kier molecular flexibility index (Phi) is 8.15. The van der Waals surface area contributed by atoms with Crippen LogP contribution >= 0.6 is 34.8 Å². The van der Waals surface area contributed by atoms with Gasteiger partial charge in [0.25, 0.3) is 0 Å². The van der Waals surface area contributed by atoms with Gasteiger partial charge in [-0.25, -0.2) is 9.18 Å². The lowest BCUT2D eigenvalue weighted by Gasteiger charge is -2.47. The van der Waals surface area contributed by atoms with Gasteiger partial charge in [-0.3, -0.25) is 9.59 Å². The quantitative estimate of drug-likeness (QED) is 0.333. The minimum Gasteiger partial charge on any atom is -0.490 e. The van der Waals surface area contributed by atoms with Crippen LogP contribution in [0.1, 0.15) is 47.9 Å². The van der Waals surface area contributed by atoms with Gasteiger partial charge in [0.1, 0.15) is 17.3 Å². The predicted molar refractivity (Wildman–Crippen MR) is 167 cm³/mol. The van der Waals surface area contributed by atoms with Crippen molar-refractivity contribution >= 4 is 58.3 Å². The molecular formula is C32H30Cl3FN4O4. The maximum absolute atomic E-state index is 16.4. The highest BCUT2D eigenvalue weighted by Crippen LogP contribution is 2.59. The number of anilines is 1. The molecule has 3 aliphatic rings. The first-order valence-corrected chi connectivity index (χ1v) is 15.4. The normalized spacial score (nSPS) is 23.3. The van der Waals surface area contributed by atoms with Crippen LogP contribution in [0.3, 0.4) is 0 Å². The van der Waals surface area contributed by atoms with E-state index in [1.165, 1.54) is 11.0 Å². The molecule has 0 bridgehead atoms. The molecule has 0 unspecified atom stereocenters. The molecule has 8 nitrogen and oxygen atoms in total. The van der Waals surface area contributed by atoms with E-state index in [9.17, 15) is 14.4 Å². The number of carbonyl (C=O) groups is 3.